The van der Waals surface area contributed by atoms with Gasteiger partial charge in [0.1, 0.15) is 11.6 Å². The molecule has 1 heterocycles. The molecule has 0 saturated heterocycles. The Balaban J connectivity index is 1.51. The number of hydrogen-bond donors (Lipinski definition) is 1. The molecule has 0 radical (unpaired) electrons. The highest BCUT2D eigenvalue weighted by atomic mass is 32.1. The molecule has 0 spiro atoms. The highest BCUT2D eigenvalue weighted by Crippen LogP contribution is 2.44. The second-order valence-electron chi connectivity index (χ2n) is 6.07. The van der Waals surface area contributed by atoms with Gasteiger partial charge in [0.05, 0.1) is 11.3 Å². The quantitative estimate of drug-likeness (QED) is 0.683. The molecule has 5 heteroatoms. The van der Waals surface area contributed by atoms with Crippen molar-refractivity contribution in [2.45, 2.75) is 12.8 Å². The molecule has 4 rings (SSSR count). The van der Waals surface area contributed by atoms with Crippen molar-refractivity contribution in [3.05, 3.63) is 70.9 Å². The summed E-state index contributed by atoms with van der Waals surface area (Å²) >= 11 is 1.16. The maximum absolute atomic E-state index is 12.2. The third kappa shape index (κ3) is 2.75. The first kappa shape index (κ1) is 16.4. The predicted molar refractivity (Wildman–Crippen MR) is 103 cm³/mol. The molecule has 0 saturated carbocycles. The smallest absolute Gasteiger partial charge is 0.412 e. The molecule has 0 aliphatic heterocycles. The molecule has 4 nitrogen and oxygen atoms in total. The van der Waals surface area contributed by atoms with E-state index in [1.54, 1.807) is 0 Å². The summed E-state index contributed by atoms with van der Waals surface area (Å²) in [4.78, 5) is 12.2. The minimum atomic E-state index is -0.521. The molecule has 26 heavy (non-hydrogen) atoms. The van der Waals surface area contributed by atoms with Gasteiger partial charge >= 0.3 is 6.09 Å². The van der Waals surface area contributed by atoms with Gasteiger partial charge in [0, 0.05) is 5.92 Å². The van der Waals surface area contributed by atoms with E-state index < -0.39 is 6.09 Å². The van der Waals surface area contributed by atoms with Crippen molar-refractivity contribution in [1.82, 2.24) is 4.37 Å². The first-order chi connectivity index (χ1) is 12.7. The molecule has 2 aromatic carbocycles. The molecule has 0 atom stereocenters. The Morgan fingerprint density at radius 1 is 1.19 bits per heavy atom. The lowest BCUT2D eigenvalue weighted by atomic mass is 9.98. The number of fused-ring (bicyclic) bond motifs is 3. The number of nitrogens with one attached hydrogen (secondary N) is 1. The molecule has 128 valence electrons. The van der Waals surface area contributed by atoms with E-state index in [1.807, 2.05) is 31.2 Å². The van der Waals surface area contributed by atoms with Gasteiger partial charge < -0.3 is 4.74 Å². The van der Waals surface area contributed by atoms with Crippen molar-refractivity contribution in [3.8, 4) is 23.5 Å². The van der Waals surface area contributed by atoms with Gasteiger partial charge in [0.15, 0.2) is 0 Å². The molecular weight excluding hydrogens is 344 g/mol. The molecule has 1 N–H and O–H groups in total. The van der Waals surface area contributed by atoms with E-state index in [1.165, 1.54) is 22.3 Å². The lowest BCUT2D eigenvalue weighted by Crippen LogP contribution is -2.17. The Morgan fingerprint density at radius 3 is 2.42 bits per heavy atom. The van der Waals surface area contributed by atoms with E-state index in [2.05, 4.69) is 39.9 Å². The first-order valence-electron chi connectivity index (χ1n) is 8.24. The number of ether oxygens (including phenoxy) is 1. The SMILES string of the molecule is C#Cc1c(C)nsc1NC(=O)OCC1c2ccccc2-c2ccccc21. The van der Waals surface area contributed by atoms with Crippen molar-refractivity contribution in [2.75, 3.05) is 11.9 Å². The van der Waals surface area contributed by atoms with Crippen LogP contribution in [-0.2, 0) is 4.74 Å². The summed E-state index contributed by atoms with van der Waals surface area (Å²) in [6, 6.07) is 16.5. The average molecular weight is 360 g/mol. The summed E-state index contributed by atoms with van der Waals surface area (Å²) in [7, 11) is 0. The molecule has 0 bridgehead atoms. The van der Waals surface area contributed by atoms with Crippen LogP contribution in [0.15, 0.2) is 48.5 Å². The Hall–Kier alpha value is -3.10. The number of nitrogens with zero attached hydrogens (tertiary/aromatic N) is 1. The maximum atomic E-state index is 12.2. The second kappa shape index (κ2) is 6.66. The summed E-state index contributed by atoms with van der Waals surface area (Å²) in [5.41, 5.74) is 6.09. The number of anilines is 1. The fraction of sp³-hybridized carbons (Fsp3) is 0.143. The number of rotatable bonds is 3. The van der Waals surface area contributed by atoms with E-state index in [0.29, 0.717) is 10.6 Å². The van der Waals surface area contributed by atoms with Gasteiger partial charge in [-0.05, 0) is 40.7 Å². The number of carbonyl (C=O) groups excluding carboxylic acids is 1. The van der Waals surface area contributed by atoms with Crippen LogP contribution in [0.2, 0.25) is 0 Å². The fourth-order valence-electron chi connectivity index (χ4n) is 3.35. The molecule has 3 aromatic rings. The number of terminal acetylenes is 1. The summed E-state index contributed by atoms with van der Waals surface area (Å²) in [5, 5.41) is 3.25. The lowest BCUT2D eigenvalue weighted by Gasteiger charge is -2.14. The second-order valence-corrected chi connectivity index (χ2v) is 6.84. The normalized spacial score (nSPS) is 12.2. The van der Waals surface area contributed by atoms with Crippen LogP contribution in [-0.4, -0.2) is 17.1 Å². The highest BCUT2D eigenvalue weighted by molar-refractivity contribution is 7.10. The number of hydrogen-bond acceptors (Lipinski definition) is 4. The van der Waals surface area contributed by atoms with E-state index in [9.17, 15) is 4.79 Å². The van der Waals surface area contributed by atoms with Gasteiger partial charge in [-0.1, -0.05) is 54.5 Å². The number of benzene rings is 2. The monoisotopic (exact) mass is 360 g/mol. The minimum Gasteiger partial charge on any atom is -0.448 e. The van der Waals surface area contributed by atoms with E-state index >= 15 is 0 Å². The molecule has 1 aliphatic rings. The zero-order chi connectivity index (χ0) is 18.1. The first-order valence-corrected chi connectivity index (χ1v) is 9.01. The number of amides is 1. The summed E-state index contributed by atoms with van der Waals surface area (Å²) in [5.74, 6) is 2.58. The van der Waals surface area contributed by atoms with Crippen LogP contribution in [0.3, 0.4) is 0 Å². The van der Waals surface area contributed by atoms with Crippen LogP contribution >= 0.6 is 11.5 Å². The van der Waals surface area contributed by atoms with Gasteiger partial charge in [-0.15, -0.1) is 6.42 Å². The zero-order valence-electron chi connectivity index (χ0n) is 14.2. The Labute approximate surface area is 156 Å². The van der Waals surface area contributed by atoms with Gasteiger partial charge in [0.2, 0.25) is 0 Å². The molecule has 1 amide bonds. The van der Waals surface area contributed by atoms with Gasteiger partial charge in [-0.3, -0.25) is 5.32 Å². The third-order valence-electron chi connectivity index (χ3n) is 4.57. The molecule has 0 fully saturated rings. The summed E-state index contributed by atoms with van der Waals surface area (Å²) in [6.07, 6.45) is 4.95. The highest BCUT2D eigenvalue weighted by Gasteiger charge is 2.29. The standard InChI is InChI=1S/C21H16N2O2S/c1-3-14-13(2)23-26-20(14)22-21(24)25-12-19-17-10-6-4-8-15(17)16-9-5-7-11-18(16)19/h1,4-11,19H,12H2,2H3,(H,22,24). The van der Waals surface area contributed by atoms with Crippen LogP contribution in [0.25, 0.3) is 11.1 Å². The summed E-state index contributed by atoms with van der Waals surface area (Å²) < 4.78 is 9.68. The molecule has 1 aromatic heterocycles. The van der Waals surface area contributed by atoms with Crippen LogP contribution in [0.5, 0.6) is 0 Å². The van der Waals surface area contributed by atoms with Gasteiger partial charge in [-0.2, -0.15) is 4.37 Å². The third-order valence-corrected chi connectivity index (χ3v) is 5.42. The summed E-state index contributed by atoms with van der Waals surface area (Å²) in [6.45, 7) is 2.08. The van der Waals surface area contributed by atoms with E-state index in [-0.39, 0.29) is 12.5 Å². The van der Waals surface area contributed by atoms with Crippen molar-refractivity contribution < 1.29 is 9.53 Å². The van der Waals surface area contributed by atoms with Crippen molar-refractivity contribution in [3.63, 3.8) is 0 Å². The van der Waals surface area contributed by atoms with Crippen LogP contribution in [0.4, 0.5) is 9.80 Å². The van der Waals surface area contributed by atoms with Crippen molar-refractivity contribution in [1.29, 1.82) is 0 Å². The predicted octanol–water partition coefficient (Wildman–Crippen LogP) is 4.79. The Kier molecular flexibility index (Phi) is 4.19. The Morgan fingerprint density at radius 2 is 1.81 bits per heavy atom. The number of aryl methyl sites for hydroxylation is 1. The van der Waals surface area contributed by atoms with Crippen molar-refractivity contribution >= 4 is 22.6 Å². The largest absolute Gasteiger partial charge is 0.448 e. The van der Waals surface area contributed by atoms with Crippen LogP contribution < -0.4 is 5.32 Å². The molecule has 1 aliphatic carbocycles. The van der Waals surface area contributed by atoms with E-state index in [4.69, 9.17) is 11.2 Å². The molecular formula is C21H16N2O2S. The average Bonchev–Trinajstić information content (AvgIpc) is 3.17. The minimum absolute atomic E-state index is 0.0310. The zero-order valence-corrected chi connectivity index (χ0v) is 15.0. The van der Waals surface area contributed by atoms with Gasteiger partial charge in [-0.25, -0.2) is 4.79 Å². The topological polar surface area (TPSA) is 51.2 Å². The maximum Gasteiger partial charge on any atom is 0.412 e. The number of aromatic nitrogens is 1. The van der Waals surface area contributed by atoms with Crippen LogP contribution in [0.1, 0.15) is 28.3 Å². The Bertz CT molecular complexity index is 987. The molecule has 0 unspecified atom stereocenters. The van der Waals surface area contributed by atoms with Crippen LogP contribution in [0, 0.1) is 19.3 Å². The lowest BCUT2D eigenvalue weighted by molar-refractivity contribution is 0.158. The van der Waals surface area contributed by atoms with Gasteiger partial charge in [0.25, 0.3) is 0 Å². The number of carbonyl (C=O) groups is 1. The van der Waals surface area contributed by atoms with Crippen molar-refractivity contribution in [2.24, 2.45) is 0 Å². The van der Waals surface area contributed by atoms with E-state index in [0.717, 1.165) is 17.2 Å². The fourth-order valence-corrected chi connectivity index (χ4v) is 4.10.